The second-order valence-corrected chi connectivity index (χ2v) is 16.9. The third-order valence-electron chi connectivity index (χ3n) is 13.0. The summed E-state index contributed by atoms with van der Waals surface area (Å²) in [6.45, 7) is 4.84. The van der Waals surface area contributed by atoms with Gasteiger partial charge in [-0.05, 0) is 123 Å². The van der Waals surface area contributed by atoms with Crippen molar-refractivity contribution < 1.29 is 0 Å². The van der Waals surface area contributed by atoms with Gasteiger partial charge in [0.2, 0.25) is 0 Å². The molecule has 0 radical (unpaired) electrons. The van der Waals surface area contributed by atoms with E-state index in [1.54, 1.807) is 0 Å². The Balaban J connectivity index is 1.01. The van der Waals surface area contributed by atoms with Crippen LogP contribution in [0.25, 0.3) is 49.4 Å². The lowest BCUT2D eigenvalue weighted by Gasteiger charge is -2.33. The molecule has 0 amide bonds. The molecule has 61 heavy (non-hydrogen) atoms. The average molecular weight is 783 g/mol. The highest BCUT2D eigenvalue weighted by Crippen LogP contribution is 2.54. The summed E-state index contributed by atoms with van der Waals surface area (Å²) in [7, 11) is 0. The van der Waals surface area contributed by atoms with Crippen molar-refractivity contribution in [2.45, 2.75) is 32.1 Å². The Labute approximate surface area is 359 Å². The summed E-state index contributed by atoms with van der Waals surface area (Å²) in [6.07, 6.45) is 4.44. The summed E-state index contributed by atoms with van der Waals surface area (Å²) in [6, 6.07) is 77.6. The Kier molecular flexibility index (Phi) is 9.01. The van der Waals surface area contributed by atoms with E-state index in [0.717, 1.165) is 24.2 Å². The van der Waals surface area contributed by atoms with E-state index >= 15 is 0 Å². The van der Waals surface area contributed by atoms with Gasteiger partial charge in [0, 0.05) is 38.9 Å². The number of hydrogen-bond acceptors (Lipinski definition) is 2. The van der Waals surface area contributed by atoms with E-state index in [-0.39, 0.29) is 5.41 Å². The van der Waals surface area contributed by atoms with Crippen LogP contribution in [0.4, 0.5) is 28.4 Å². The zero-order valence-electron chi connectivity index (χ0n) is 34.6. The predicted octanol–water partition coefficient (Wildman–Crippen LogP) is 16.4. The van der Waals surface area contributed by atoms with Crippen LogP contribution in [0, 0.1) is 0 Å². The summed E-state index contributed by atoms with van der Waals surface area (Å²) < 4.78 is 0. The zero-order chi connectivity index (χ0) is 40.9. The molecule has 0 bridgehead atoms. The lowest BCUT2D eigenvalue weighted by Crippen LogP contribution is -2.22. The van der Waals surface area contributed by atoms with Gasteiger partial charge < -0.3 is 9.80 Å². The Morgan fingerprint density at radius 2 is 0.852 bits per heavy atom. The van der Waals surface area contributed by atoms with Crippen LogP contribution in [0.1, 0.15) is 37.8 Å². The molecule has 0 N–H and O–H groups in total. The number of anilines is 5. The fourth-order valence-electron chi connectivity index (χ4n) is 9.88. The molecule has 9 aromatic carbocycles. The van der Waals surface area contributed by atoms with Gasteiger partial charge in [-0.2, -0.15) is 0 Å². The number of allylic oxidation sites excluding steroid dienone is 4. The molecule has 2 aliphatic carbocycles. The van der Waals surface area contributed by atoms with E-state index in [0.29, 0.717) is 0 Å². The van der Waals surface area contributed by atoms with Gasteiger partial charge >= 0.3 is 0 Å². The van der Waals surface area contributed by atoms with Gasteiger partial charge in [-0.3, -0.25) is 0 Å². The maximum Gasteiger partial charge on any atom is 0.0540 e. The topological polar surface area (TPSA) is 6.48 Å². The fraction of sp³-hybridized carbons (Fsp3) is 0.0847. The molecular weight excluding hydrogens is 737 g/mol. The van der Waals surface area contributed by atoms with Gasteiger partial charge in [0.1, 0.15) is 0 Å². The largest absolute Gasteiger partial charge is 0.314 e. The number of nitrogens with zero attached hydrogens (tertiary/aromatic N) is 2. The fourth-order valence-corrected chi connectivity index (χ4v) is 9.88. The van der Waals surface area contributed by atoms with E-state index in [4.69, 9.17) is 0 Å². The van der Waals surface area contributed by atoms with E-state index < -0.39 is 0 Å². The molecule has 0 atom stereocenters. The first kappa shape index (κ1) is 36.6. The number of hydrogen-bond donors (Lipinski definition) is 0. The van der Waals surface area contributed by atoms with Crippen molar-refractivity contribution in [1.82, 2.24) is 0 Å². The molecule has 2 aliphatic rings. The van der Waals surface area contributed by atoms with Crippen LogP contribution in [0.15, 0.2) is 230 Å². The van der Waals surface area contributed by atoms with Crippen molar-refractivity contribution in [3.05, 3.63) is 241 Å². The summed E-state index contributed by atoms with van der Waals surface area (Å²) in [4.78, 5) is 4.97. The molecule has 0 heterocycles. The molecule has 0 saturated carbocycles. The molecule has 9 aromatic rings. The maximum atomic E-state index is 2.52. The highest BCUT2D eigenvalue weighted by Gasteiger charge is 2.39. The Hall–Kier alpha value is -7.42. The minimum atomic E-state index is -0.213. The maximum absolute atomic E-state index is 2.52. The molecule has 2 heteroatoms. The quantitative estimate of drug-likeness (QED) is 0.151. The zero-order valence-corrected chi connectivity index (χ0v) is 34.6. The van der Waals surface area contributed by atoms with Crippen molar-refractivity contribution in [1.29, 1.82) is 0 Å². The van der Waals surface area contributed by atoms with Crippen LogP contribution in [-0.4, -0.2) is 0 Å². The minimum Gasteiger partial charge on any atom is -0.314 e. The van der Waals surface area contributed by atoms with Crippen LogP contribution < -0.4 is 9.80 Å². The lowest BCUT2D eigenvalue weighted by atomic mass is 9.79. The van der Waals surface area contributed by atoms with Crippen molar-refractivity contribution in [3.63, 3.8) is 0 Å². The molecule has 0 aromatic heterocycles. The summed E-state index contributed by atoms with van der Waals surface area (Å²) in [5.41, 5.74) is 17.5. The second-order valence-electron chi connectivity index (χ2n) is 16.9. The van der Waals surface area contributed by atoms with Crippen molar-refractivity contribution in [2.75, 3.05) is 9.80 Å². The Bertz CT molecular complexity index is 3130. The van der Waals surface area contributed by atoms with Crippen molar-refractivity contribution in [2.24, 2.45) is 0 Å². The number of rotatable bonds is 8. The molecule has 11 rings (SSSR count). The van der Waals surface area contributed by atoms with Gasteiger partial charge in [0.15, 0.2) is 0 Å². The Morgan fingerprint density at radius 1 is 0.393 bits per heavy atom. The van der Waals surface area contributed by atoms with E-state index in [1.165, 1.54) is 88.8 Å². The lowest BCUT2D eigenvalue weighted by molar-refractivity contribution is 0.648. The van der Waals surface area contributed by atoms with Gasteiger partial charge in [0.05, 0.1) is 11.4 Å². The van der Waals surface area contributed by atoms with Gasteiger partial charge in [-0.1, -0.05) is 178 Å². The first-order chi connectivity index (χ1) is 30.0. The van der Waals surface area contributed by atoms with E-state index in [9.17, 15) is 0 Å². The van der Waals surface area contributed by atoms with Gasteiger partial charge in [-0.15, -0.1) is 0 Å². The molecule has 292 valence electrons. The van der Waals surface area contributed by atoms with Crippen LogP contribution in [0.5, 0.6) is 0 Å². The third kappa shape index (κ3) is 6.44. The average Bonchev–Trinajstić information content (AvgIpc) is 3.55. The summed E-state index contributed by atoms with van der Waals surface area (Å²) in [5, 5.41) is 4.95. The first-order valence-electron chi connectivity index (χ1n) is 21.5. The van der Waals surface area contributed by atoms with Crippen LogP contribution in [0.2, 0.25) is 0 Å². The van der Waals surface area contributed by atoms with Crippen LogP contribution >= 0.6 is 0 Å². The van der Waals surface area contributed by atoms with Crippen LogP contribution in [-0.2, 0) is 5.41 Å². The standard InChI is InChI=1S/C59H46N2/c1-59(2)55-39-49(60(57-25-13-21-45-19-9-11-23-51(45)57)47-31-27-43(28-32-47)41-15-5-3-6-16-41)35-37-53(55)54-38-36-50(40-56(54)59)61(58-26-14-22-46-20-10-12-24-52(46)58)48-33-29-44(30-34-48)42-17-7-4-8-18-42/h3-35,37,39-40H,36,38H2,1-2H3. The summed E-state index contributed by atoms with van der Waals surface area (Å²) in [5.74, 6) is 0. The number of fused-ring (bicyclic) bond motifs is 4. The monoisotopic (exact) mass is 782 g/mol. The molecule has 2 nitrogen and oxygen atoms in total. The molecule has 0 unspecified atom stereocenters. The molecule has 0 fully saturated rings. The highest BCUT2D eigenvalue weighted by molar-refractivity contribution is 6.00. The predicted molar refractivity (Wildman–Crippen MR) is 259 cm³/mol. The minimum absolute atomic E-state index is 0.213. The third-order valence-corrected chi connectivity index (χ3v) is 13.0. The van der Waals surface area contributed by atoms with Gasteiger partial charge in [0.25, 0.3) is 0 Å². The van der Waals surface area contributed by atoms with Crippen molar-refractivity contribution in [3.8, 4) is 22.3 Å². The Morgan fingerprint density at radius 3 is 1.43 bits per heavy atom. The summed E-state index contributed by atoms with van der Waals surface area (Å²) >= 11 is 0. The van der Waals surface area contributed by atoms with E-state index in [1.807, 2.05) is 0 Å². The molecule has 0 aliphatic heterocycles. The molecule has 0 saturated heterocycles. The smallest absolute Gasteiger partial charge is 0.0540 e. The van der Waals surface area contributed by atoms with Gasteiger partial charge in [-0.25, -0.2) is 0 Å². The normalized spacial score (nSPS) is 14.1. The first-order valence-corrected chi connectivity index (χ1v) is 21.5. The van der Waals surface area contributed by atoms with Crippen LogP contribution in [0.3, 0.4) is 0 Å². The molecule has 0 spiro atoms. The van der Waals surface area contributed by atoms with Crippen molar-refractivity contribution >= 4 is 55.6 Å². The highest BCUT2D eigenvalue weighted by atomic mass is 15.2. The second kappa shape index (κ2) is 15.0. The molecular formula is C59H46N2. The van der Waals surface area contributed by atoms with E-state index in [2.05, 4.69) is 242 Å². The number of benzene rings is 9. The SMILES string of the molecule is CC1(C)C2=C(CCC(N(c3ccc(-c4ccccc4)cc3)c3cccc4ccccc34)=C2)c2ccc(N(c3ccc(-c4ccccc4)cc3)c3cccc4ccccc34)cc21.